The Morgan fingerprint density at radius 2 is 1.64 bits per heavy atom. The summed E-state index contributed by atoms with van der Waals surface area (Å²) in [5.74, 6) is 0. The van der Waals surface area contributed by atoms with Crippen LogP contribution in [0.1, 0.15) is 1.43 Å². The van der Waals surface area contributed by atoms with Crippen LogP contribution in [0.3, 0.4) is 0 Å². The molecule has 0 saturated heterocycles. The molecule has 5 heteroatoms. The zero-order valence-corrected chi connectivity index (χ0v) is 6.88. The summed E-state index contributed by atoms with van der Waals surface area (Å²) < 4.78 is 29.2. The Balaban J connectivity index is 0. The largest absolute Gasteiger partial charge is 1.00 e. The van der Waals surface area contributed by atoms with Gasteiger partial charge in [-0.15, -0.1) is 0 Å². The molecule has 0 heterocycles. The van der Waals surface area contributed by atoms with Crippen LogP contribution in [0.5, 0.6) is 0 Å². The van der Waals surface area contributed by atoms with Crippen LogP contribution < -0.4 is 18.9 Å². The van der Waals surface area contributed by atoms with Crippen LogP contribution in [-0.2, 0) is 10.1 Å². The van der Waals surface area contributed by atoms with Crippen LogP contribution in [0.2, 0.25) is 0 Å². The Labute approximate surface area is 78.8 Å². The molecule has 1 rings (SSSR count). The fraction of sp³-hybridized carbons (Fsp3) is 0. The second-order valence-electron chi connectivity index (χ2n) is 1.79. The van der Waals surface area contributed by atoms with Crippen LogP contribution in [0.25, 0.3) is 0 Å². The standard InChI is InChI=1S/C6H6O3S.Li.H/c7-10(8,9)6-4-2-1-3-5-6;;/h1-5H,(H,7,8,9);;/q;+1;-1. The average molecular weight is 166 g/mol. The molecule has 0 fully saturated rings. The van der Waals surface area contributed by atoms with Crippen molar-refractivity contribution in [1.82, 2.24) is 0 Å². The summed E-state index contributed by atoms with van der Waals surface area (Å²) >= 11 is 0. The molecule has 0 unspecified atom stereocenters. The molecule has 0 saturated carbocycles. The molecule has 1 aromatic carbocycles. The zero-order valence-electron chi connectivity index (χ0n) is 7.06. The molecule has 0 aliphatic carbocycles. The van der Waals surface area contributed by atoms with Crippen molar-refractivity contribution < 1.29 is 33.3 Å². The molecule has 1 N–H and O–H groups in total. The predicted molar refractivity (Wildman–Crippen MR) is 37.4 cm³/mol. The van der Waals surface area contributed by atoms with Gasteiger partial charge in [0.2, 0.25) is 0 Å². The monoisotopic (exact) mass is 166 g/mol. The van der Waals surface area contributed by atoms with Crippen LogP contribution in [0, 0.1) is 0 Å². The molecule has 1 aromatic rings. The second kappa shape index (κ2) is 3.93. The van der Waals surface area contributed by atoms with Gasteiger partial charge in [-0.3, -0.25) is 4.55 Å². The summed E-state index contributed by atoms with van der Waals surface area (Å²) in [5, 5.41) is 0. The van der Waals surface area contributed by atoms with E-state index in [0.29, 0.717) is 0 Å². The summed E-state index contributed by atoms with van der Waals surface area (Å²) in [6.45, 7) is 0. The van der Waals surface area contributed by atoms with E-state index in [1.807, 2.05) is 0 Å². The summed E-state index contributed by atoms with van der Waals surface area (Å²) in [5.41, 5.74) is 0. The predicted octanol–water partition coefficient (Wildman–Crippen LogP) is -1.95. The van der Waals surface area contributed by atoms with Gasteiger partial charge in [0.25, 0.3) is 10.1 Å². The van der Waals surface area contributed by atoms with E-state index in [1.165, 1.54) is 12.1 Å². The fourth-order valence-corrected chi connectivity index (χ4v) is 1.09. The van der Waals surface area contributed by atoms with Gasteiger partial charge in [0.15, 0.2) is 0 Å². The molecule has 56 valence electrons. The van der Waals surface area contributed by atoms with Crippen LogP contribution >= 0.6 is 0 Å². The van der Waals surface area contributed by atoms with Crippen molar-refractivity contribution in [1.29, 1.82) is 0 Å². The number of rotatable bonds is 1. The van der Waals surface area contributed by atoms with Gasteiger partial charge in [-0.2, -0.15) is 8.42 Å². The van der Waals surface area contributed by atoms with Crippen molar-refractivity contribution in [3.05, 3.63) is 30.3 Å². The van der Waals surface area contributed by atoms with E-state index < -0.39 is 10.1 Å². The van der Waals surface area contributed by atoms with Crippen LogP contribution in [0.15, 0.2) is 35.2 Å². The maximum Gasteiger partial charge on any atom is 1.00 e. The molecule has 3 nitrogen and oxygen atoms in total. The second-order valence-corrected chi connectivity index (χ2v) is 3.21. The summed E-state index contributed by atoms with van der Waals surface area (Å²) in [6, 6.07) is 7.42. The number of hydrogen-bond donors (Lipinski definition) is 1. The van der Waals surface area contributed by atoms with Crippen molar-refractivity contribution in [3.63, 3.8) is 0 Å². The van der Waals surface area contributed by atoms with Crippen molar-refractivity contribution in [2.75, 3.05) is 0 Å². The van der Waals surface area contributed by atoms with Crippen molar-refractivity contribution in [2.45, 2.75) is 4.90 Å². The van der Waals surface area contributed by atoms with Gasteiger partial charge in [-0.25, -0.2) is 0 Å². The quantitative estimate of drug-likeness (QED) is 0.389. The first-order chi connectivity index (χ1) is 4.61. The minimum atomic E-state index is -4.00. The third-order valence-corrected chi connectivity index (χ3v) is 1.91. The minimum absolute atomic E-state index is 0. The van der Waals surface area contributed by atoms with E-state index >= 15 is 0 Å². The first-order valence-electron chi connectivity index (χ1n) is 2.63. The Morgan fingerprint density at radius 1 is 1.18 bits per heavy atom. The molecule has 0 atom stereocenters. The summed E-state index contributed by atoms with van der Waals surface area (Å²) in [4.78, 5) is -0.0741. The third-order valence-electron chi connectivity index (χ3n) is 1.04. The SMILES string of the molecule is O=S(=O)(O)c1ccccc1.[H-].[Li+]. The molecule has 0 aromatic heterocycles. The van der Waals surface area contributed by atoms with E-state index in [0.717, 1.165) is 0 Å². The number of benzene rings is 1. The molecule has 0 aliphatic heterocycles. The zero-order chi connectivity index (χ0) is 7.61. The van der Waals surface area contributed by atoms with E-state index in [-0.39, 0.29) is 25.2 Å². The van der Waals surface area contributed by atoms with Crippen molar-refractivity contribution >= 4 is 10.1 Å². The minimum Gasteiger partial charge on any atom is -1.00 e. The normalized spacial score (nSPS) is 10.3. The fourth-order valence-electron chi connectivity index (χ4n) is 0.592. The Kier molecular flexibility index (Phi) is 3.83. The molecule has 0 bridgehead atoms. The van der Waals surface area contributed by atoms with Gasteiger partial charge < -0.3 is 1.43 Å². The summed E-state index contributed by atoms with van der Waals surface area (Å²) in [7, 11) is -4.00. The summed E-state index contributed by atoms with van der Waals surface area (Å²) in [6.07, 6.45) is 0. The Morgan fingerprint density at radius 3 is 1.91 bits per heavy atom. The topological polar surface area (TPSA) is 54.4 Å². The number of hydrogen-bond acceptors (Lipinski definition) is 2. The van der Waals surface area contributed by atoms with E-state index in [4.69, 9.17) is 4.55 Å². The van der Waals surface area contributed by atoms with E-state index in [1.54, 1.807) is 18.2 Å². The maximum atomic E-state index is 10.4. The van der Waals surface area contributed by atoms with E-state index in [9.17, 15) is 8.42 Å². The molecular formula is C6H7LiO3S. The molecular weight excluding hydrogens is 159 g/mol. The Hall–Kier alpha value is -0.273. The molecule has 11 heavy (non-hydrogen) atoms. The maximum absolute atomic E-state index is 10.4. The van der Waals surface area contributed by atoms with Gasteiger partial charge in [0.05, 0.1) is 4.90 Å². The van der Waals surface area contributed by atoms with Gasteiger partial charge in [-0.05, 0) is 12.1 Å². The average Bonchev–Trinajstić information content (AvgIpc) is 1.88. The van der Waals surface area contributed by atoms with Crippen LogP contribution in [0.4, 0.5) is 0 Å². The third kappa shape index (κ3) is 3.08. The first-order valence-corrected chi connectivity index (χ1v) is 4.07. The van der Waals surface area contributed by atoms with Crippen molar-refractivity contribution in [3.8, 4) is 0 Å². The molecule has 0 spiro atoms. The van der Waals surface area contributed by atoms with Gasteiger partial charge >= 0.3 is 18.9 Å². The van der Waals surface area contributed by atoms with E-state index in [2.05, 4.69) is 0 Å². The Bertz CT molecular complexity index is 311. The van der Waals surface area contributed by atoms with Crippen molar-refractivity contribution in [2.24, 2.45) is 0 Å². The van der Waals surface area contributed by atoms with Crippen LogP contribution in [-0.4, -0.2) is 13.0 Å². The molecule has 0 radical (unpaired) electrons. The molecule has 0 amide bonds. The van der Waals surface area contributed by atoms with Gasteiger partial charge in [-0.1, -0.05) is 18.2 Å². The van der Waals surface area contributed by atoms with Gasteiger partial charge in [0.1, 0.15) is 0 Å². The first kappa shape index (κ1) is 10.7. The molecule has 0 aliphatic rings. The smallest absolute Gasteiger partial charge is 1.00 e. The van der Waals surface area contributed by atoms with Gasteiger partial charge in [0, 0.05) is 0 Å².